The van der Waals surface area contributed by atoms with Crippen LogP contribution in [-0.4, -0.2) is 110 Å². The van der Waals surface area contributed by atoms with Gasteiger partial charge in [0, 0.05) is 52.0 Å². The number of allylic oxidation sites excluding steroid dienone is 8. The Labute approximate surface area is 372 Å². The fourth-order valence-corrected chi connectivity index (χ4v) is 7.17. The van der Waals surface area contributed by atoms with Gasteiger partial charge in [0.1, 0.15) is 19.8 Å². The van der Waals surface area contributed by atoms with Gasteiger partial charge in [-0.15, -0.1) is 0 Å². The zero-order chi connectivity index (χ0) is 44.3. The third-order valence-corrected chi connectivity index (χ3v) is 11.4. The summed E-state index contributed by atoms with van der Waals surface area (Å²) in [6.07, 6.45) is 43.6. The highest BCUT2D eigenvalue weighted by Gasteiger charge is 2.35. The number of rotatable bonds is 41. The average Bonchev–Trinajstić information content (AvgIpc) is 3.27. The van der Waals surface area contributed by atoms with Gasteiger partial charge in [0.25, 0.3) is 0 Å². The Kier molecular flexibility index (Phi) is 38.0. The van der Waals surface area contributed by atoms with Crippen LogP contribution in [0.5, 0.6) is 0 Å². The van der Waals surface area contributed by atoms with Crippen molar-refractivity contribution < 1.29 is 38.8 Å². The van der Waals surface area contributed by atoms with Crippen LogP contribution in [0.3, 0.4) is 0 Å². The number of aliphatic hydroxyl groups excluding tert-OH is 2. The van der Waals surface area contributed by atoms with E-state index in [1.165, 1.54) is 51.4 Å². The van der Waals surface area contributed by atoms with Crippen molar-refractivity contribution in [1.29, 1.82) is 0 Å². The van der Waals surface area contributed by atoms with E-state index in [9.17, 15) is 24.6 Å². The molecule has 1 saturated heterocycles. The van der Waals surface area contributed by atoms with Crippen molar-refractivity contribution in [2.24, 2.45) is 5.41 Å². The predicted octanol–water partition coefficient (Wildman–Crippen LogP) is 10.6. The molecule has 1 aliphatic heterocycles. The molecule has 10 nitrogen and oxygen atoms in total. The fourth-order valence-electron chi connectivity index (χ4n) is 7.17. The monoisotopic (exact) mass is 859 g/mol. The lowest BCUT2D eigenvalue weighted by Gasteiger charge is -2.34. The Morgan fingerprint density at radius 2 is 0.803 bits per heavy atom. The first-order chi connectivity index (χ1) is 29.9. The van der Waals surface area contributed by atoms with Crippen molar-refractivity contribution in [2.45, 2.75) is 181 Å². The van der Waals surface area contributed by atoms with E-state index in [0.29, 0.717) is 13.0 Å². The van der Waals surface area contributed by atoms with Crippen molar-refractivity contribution in [1.82, 2.24) is 9.80 Å². The molecule has 1 fully saturated rings. The number of carbonyl (C=O) groups is 3. The topological polar surface area (TPSA) is 126 Å². The van der Waals surface area contributed by atoms with Gasteiger partial charge in [0.05, 0.1) is 18.6 Å². The minimum atomic E-state index is -1.24. The number of esters is 3. The highest BCUT2D eigenvalue weighted by Crippen LogP contribution is 2.22. The number of aliphatic hydroxyl groups is 2. The summed E-state index contributed by atoms with van der Waals surface area (Å²) in [6.45, 7) is 8.56. The molecule has 0 saturated carbocycles. The van der Waals surface area contributed by atoms with Gasteiger partial charge in [-0.3, -0.25) is 19.3 Å². The summed E-state index contributed by atoms with van der Waals surface area (Å²) >= 11 is 0. The molecule has 1 aliphatic rings. The smallest absolute Gasteiger partial charge is 0.305 e. The molecule has 0 bridgehead atoms. The van der Waals surface area contributed by atoms with Crippen LogP contribution < -0.4 is 0 Å². The van der Waals surface area contributed by atoms with Crippen LogP contribution in [0.4, 0.5) is 0 Å². The predicted molar refractivity (Wildman–Crippen MR) is 250 cm³/mol. The van der Waals surface area contributed by atoms with Gasteiger partial charge in [-0.1, -0.05) is 127 Å². The van der Waals surface area contributed by atoms with Crippen molar-refractivity contribution in [3.63, 3.8) is 0 Å². The second-order valence-electron chi connectivity index (χ2n) is 17.1. The maximum absolute atomic E-state index is 12.8. The second kappa shape index (κ2) is 41.2. The molecule has 352 valence electrons. The molecular formula is C51H90N2O8. The molecule has 0 spiro atoms. The van der Waals surface area contributed by atoms with E-state index in [1.807, 2.05) is 0 Å². The summed E-state index contributed by atoms with van der Waals surface area (Å²) in [4.78, 5) is 42.9. The van der Waals surface area contributed by atoms with Crippen LogP contribution in [0.1, 0.15) is 181 Å². The van der Waals surface area contributed by atoms with Crippen molar-refractivity contribution in [3.8, 4) is 0 Å². The van der Waals surface area contributed by atoms with Crippen molar-refractivity contribution >= 4 is 17.9 Å². The molecular weight excluding hydrogens is 769 g/mol. The van der Waals surface area contributed by atoms with Crippen LogP contribution in [0, 0.1) is 5.41 Å². The Bertz CT molecular complexity index is 1120. The first-order valence-electron chi connectivity index (χ1n) is 24.6. The number of unbranched alkanes of at least 4 members (excludes halogenated alkanes) is 16. The van der Waals surface area contributed by atoms with Crippen molar-refractivity contribution in [3.05, 3.63) is 48.6 Å². The van der Waals surface area contributed by atoms with Crippen LogP contribution in [0.15, 0.2) is 48.6 Å². The molecule has 10 heteroatoms. The fraction of sp³-hybridized carbons (Fsp3) is 0.784. The summed E-state index contributed by atoms with van der Waals surface area (Å²) < 4.78 is 16.9. The van der Waals surface area contributed by atoms with Crippen LogP contribution in [0.2, 0.25) is 0 Å². The lowest BCUT2D eigenvalue weighted by atomic mass is 9.92. The SMILES string of the molecule is CCCCC/C=C\C/C=C\CCCCCCCC(=O)OCC(CO)(COC(=O)CCCCCCC/C=C\C/C=C\CCCCC)COC(=O)CCCN1CCN(CCO)CC1. The average molecular weight is 859 g/mol. The maximum atomic E-state index is 12.8. The maximum Gasteiger partial charge on any atom is 0.305 e. The third-order valence-electron chi connectivity index (χ3n) is 11.4. The Hall–Kier alpha value is -2.79. The zero-order valence-corrected chi connectivity index (χ0v) is 39.0. The zero-order valence-electron chi connectivity index (χ0n) is 39.0. The standard InChI is InChI=1S/C51H90N2O8/c1-3-5-7-9-11-13-15-17-19-21-23-25-27-29-31-34-48(56)59-45-51(44-55,47-61-50(58)36-33-37-52-38-40-53(41-39-52)42-43-54)46-60-49(57)35-32-30-28-26-24-22-20-18-16-14-12-10-8-6-4-2/h11-14,17-20,54-55H,3-10,15-16,21-47H2,1-2H3/b13-11-,14-12-,19-17-,20-18-. The number of β-amino-alcohol motifs (C(OH)–C–C–N with tert-alkyl or cyclic N) is 1. The number of nitrogens with zero attached hydrogens (tertiary/aromatic N) is 2. The van der Waals surface area contributed by atoms with Gasteiger partial charge in [-0.25, -0.2) is 0 Å². The Morgan fingerprint density at radius 1 is 0.459 bits per heavy atom. The molecule has 0 amide bonds. The molecule has 0 radical (unpaired) electrons. The second-order valence-corrected chi connectivity index (χ2v) is 17.1. The van der Waals surface area contributed by atoms with Gasteiger partial charge in [-0.05, 0) is 90.0 Å². The normalized spacial score (nSPS) is 14.3. The van der Waals surface area contributed by atoms with Gasteiger partial charge in [0.2, 0.25) is 0 Å². The molecule has 2 N–H and O–H groups in total. The largest absolute Gasteiger partial charge is 0.465 e. The van der Waals surface area contributed by atoms with Crippen LogP contribution in [0.25, 0.3) is 0 Å². The van der Waals surface area contributed by atoms with E-state index in [0.717, 1.165) is 123 Å². The van der Waals surface area contributed by atoms with Crippen LogP contribution in [-0.2, 0) is 28.6 Å². The summed E-state index contributed by atoms with van der Waals surface area (Å²) in [5.74, 6) is -1.14. The van der Waals surface area contributed by atoms with E-state index in [4.69, 9.17) is 14.2 Å². The van der Waals surface area contributed by atoms with Gasteiger partial charge < -0.3 is 29.3 Å². The van der Waals surface area contributed by atoms with Gasteiger partial charge >= 0.3 is 17.9 Å². The van der Waals surface area contributed by atoms with Gasteiger partial charge in [-0.2, -0.15) is 0 Å². The molecule has 0 aliphatic carbocycles. The molecule has 0 aromatic carbocycles. The minimum absolute atomic E-state index is 0.159. The Balaban J connectivity index is 2.45. The lowest BCUT2D eigenvalue weighted by molar-refractivity contribution is -0.165. The minimum Gasteiger partial charge on any atom is -0.465 e. The number of carbonyl (C=O) groups excluding carboxylic acids is 3. The van der Waals surface area contributed by atoms with E-state index >= 15 is 0 Å². The van der Waals surface area contributed by atoms with Gasteiger partial charge in [0.15, 0.2) is 0 Å². The highest BCUT2D eigenvalue weighted by molar-refractivity contribution is 5.70. The van der Waals surface area contributed by atoms with E-state index < -0.39 is 18.0 Å². The molecule has 1 heterocycles. The first kappa shape index (κ1) is 56.2. The molecule has 0 atom stereocenters. The number of hydrogen-bond acceptors (Lipinski definition) is 10. The van der Waals surface area contributed by atoms with Crippen LogP contribution >= 0.6 is 0 Å². The number of piperazine rings is 1. The van der Waals surface area contributed by atoms with Crippen molar-refractivity contribution in [2.75, 3.05) is 72.3 Å². The summed E-state index contributed by atoms with van der Waals surface area (Å²) in [6, 6.07) is 0. The lowest BCUT2D eigenvalue weighted by Crippen LogP contribution is -2.47. The molecule has 0 aromatic heterocycles. The highest BCUT2D eigenvalue weighted by atomic mass is 16.6. The Morgan fingerprint density at radius 3 is 1.18 bits per heavy atom. The number of hydrogen-bond donors (Lipinski definition) is 2. The van der Waals surface area contributed by atoms with E-state index in [-0.39, 0.29) is 57.6 Å². The summed E-state index contributed by atoms with van der Waals surface area (Å²) in [5, 5.41) is 19.7. The summed E-state index contributed by atoms with van der Waals surface area (Å²) in [5.41, 5.74) is -1.24. The van der Waals surface area contributed by atoms with E-state index in [2.05, 4.69) is 72.3 Å². The molecule has 0 unspecified atom stereocenters. The summed E-state index contributed by atoms with van der Waals surface area (Å²) in [7, 11) is 0. The third kappa shape index (κ3) is 34.4. The number of ether oxygens (including phenoxy) is 3. The molecule has 61 heavy (non-hydrogen) atoms. The quantitative estimate of drug-likeness (QED) is 0.0266. The molecule has 0 aromatic rings. The molecule has 1 rings (SSSR count). The first-order valence-corrected chi connectivity index (χ1v) is 24.6. The van der Waals surface area contributed by atoms with E-state index in [1.54, 1.807) is 0 Å².